The quantitative estimate of drug-likeness (QED) is 0.417. The Hall–Kier alpha value is -3.85. The van der Waals surface area contributed by atoms with E-state index in [4.69, 9.17) is 4.74 Å². The highest BCUT2D eigenvalue weighted by Crippen LogP contribution is 2.37. The van der Waals surface area contributed by atoms with Crippen molar-refractivity contribution in [2.24, 2.45) is 5.41 Å². The van der Waals surface area contributed by atoms with Gasteiger partial charge in [0, 0.05) is 20.5 Å². The number of amides is 1. The van der Waals surface area contributed by atoms with Gasteiger partial charge in [0.05, 0.1) is 5.69 Å². The van der Waals surface area contributed by atoms with Crippen LogP contribution in [-0.2, 0) is 14.8 Å². The molecule has 1 amide bonds. The van der Waals surface area contributed by atoms with Crippen LogP contribution in [0.3, 0.4) is 0 Å². The van der Waals surface area contributed by atoms with E-state index < -0.39 is 15.9 Å². The summed E-state index contributed by atoms with van der Waals surface area (Å²) in [5.74, 6) is -0.564. The first-order valence-corrected chi connectivity index (χ1v) is 13.8. The number of hydrogen-bond acceptors (Lipinski definition) is 7. The number of nitrogens with one attached hydrogen (secondary N) is 1. The third-order valence-electron chi connectivity index (χ3n) is 6.38. The standard InChI is InChI=1S/C29H31N3O5S.2H2/c1-17-14-18(2)26(19(3)15-17)37-28-21(27(34)32-38(35,36)25-9-7-8-20(4)30-25)10-11-23(31-28)22-16-29(5,6)13-12-24(22)33;;/h7-11,14-16H,12-13H2,1-6H3,(H,32,34);2*1H. The molecule has 8 nitrogen and oxygen atoms in total. The molecule has 0 radical (unpaired) electrons. The number of ketones is 1. The molecule has 2 aromatic heterocycles. The fourth-order valence-electron chi connectivity index (χ4n) is 4.49. The van der Waals surface area contributed by atoms with Crippen molar-refractivity contribution in [3.05, 3.63) is 82.2 Å². The van der Waals surface area contributed by atoms with Gasteiger partial charge in [-0.2, -0.15) is 8.42 Å². The van der Waals surface area contributed by atoms with E-state index in [0.29, 0.717) is 29.1 Å². The number of aromatic nitrogens is 2. The van der Waals surface area contributed by atoms with Gasteiger partial charge < -0.3 is 4.74 Å². The minimum absolute atomic E-state index is 0. The van der Waals surface area contributed by atoms with Gasteiger partial charge in [0.1, 0.15) is 11.3 Å². The molecule has 1 aromatic carbocycles. The Morgan fingerprint density at radius 2 is 1.71 bits per heavy atom. The Labute approximate surface area is 226 Å². The van der Waals surface area contributed by atoms with Gasteiger partial charge in [-0.3, -0.25) is 9.59 Å². The number of rotatable bonds is 6. The summed E-state index contributed by atoms with van der Waals surface area (Å²) >= 11 is 0. The molecule has 1 aliphatic rings. The molecule has 38 heavy (non-hydrogen) atoms. The predicted octanol–water partition coefficient (Wildman–Crippen LogP) is 5.89. The summed E-state index contributed by atoms with van der Waals surface area (Å²) in [4.78, 5) is 34.6. The van der Waals surface area contributed by atoms with Crippen molar-refractivity contribution in [2.45, 2.75) is 59.4 Å². The lowest BCUT2D eigenvalue weighted by molar-refractivity contribution is -0.114. The zero-order valence-electron chi connectivity index (χ0n) is 22.4. The van der Waals surface area contributed by atoms with Crippen molar-refractivity contribution in [3.8, 4) is 11.6 Å². The van der Waals surface area contributed by atoms with Gasteiger partial charge in [-0.25, -0.2) is 14.7 Å². The number of Topliss-reactive ketones (excluding diaryl/α,β-unsaturated/α-hetero) is 1. The van der Waals surface area contributed by atoms with Crippen LogP contribution in [0.5, 0.6) is 11.6 Å². The lowest BCUT2D eigenvalue weighted by Gasteiger charge is -2.26. The second-order valence-electron chi connectivity index (χ2n) is 10.4. The molecule has 3 aromatic rings. The van der Waals surface area contributed by atoms with E-state index in [0.717, 1.165) is 23.1 Å². The first-order valence-electron chi connectivity index (χ1n) is 12.3. The van der Waals surface area contributed by atoms with Gasteiger partial charge in [-0.15, -0.1) is 0 Å². The number of benzene rings is 1. The van der Waals surface area contributed by atoms with Gasteiger partial charge in [0.15, 0.2) is 10.8 Å². The molecule has 0 atom stereocenters. The third kappa shape index (κ3) is 5.83. The molecule has 0 fully saturated rings. The number of pyridine rings is 2. The summed E-state index contributed by atoms with van der Waals surface area (Å²) in [7, 11) is -4.26. The summed E-state index contributed by atoms with van der Waals surface area (Å²) in [5.41, 5.74) is 3.72. The summed E-state index contributed by atoms with van der Waals surface area (Å²) in [5, 5.41) is -0.275. The highest BCUT2D eigenvalue weighted by atomic mass is 32.2. The predicted molar refractivity (Wildman–Crippen MR) is 149 cm³/mol. The highest BCUT2D eigenvalue weighted by Gasteiger charge is 2.29. The molecule has 0 spiro atoms. The molecule has 0 unspecified atom stereocenters. The van der Waals surface area contributed by atoms with E-state index in [2.05, 4.69) is 14.7 Å². The molecular weight excluding hydrogens is 502 g/mol. The summed E-state index contributed by atoms with van der Waals surface area (Å²) in [6.45, 7) is 11.5. The number of sulfonamides is 1. The molecule has 1 aliphatic carbocycles. The Balaban J connectivity index is 0.00000280. The average molecular weight is 538 g/mol. The summed E-state index contributed by atoms with van der Waals surface area (Å²) in [6.07, 6.45) is 3.00. The molecule has 0 saturated carbocycles. The van der Waals surface area contributed by atoms with Gasteiger partial charge in [0.2, 0.25) is 5.88 Å². The number of allylic oxidation sites excluding steroid dienone is 2. The second-order valence-corrected chi connectivity index (χ2v) is 12.0. The van der Waals surface area contributed by atoms with E-state index >= 15 is 0 Å². The van der Waals surface area contributed by atoms with E-state index in [1.807, 2.05) is 52.8 Å². The maximum Gasteiger partial charge on any atom is 0.281 e. The molecule has 0 bridgehead atoms. The first-order chi connectivity index (χ1) is 17.8. The van der Waals surface area contributed by atoms with Crippen LogP contribution in [0.25, 0.3) is 5.57 Å². The van der Waals surface area contributed by atoms with Crippen LogP contribution in [0, 0.1) is 33.1 Å². The zero-order valence-corrected chi connectivity index (χ0v) is 23.2. The normalized spacial score (nSPS) is 15.1. The van der Waals surface area contributed by atoms with Crippen molar-refractivity contribution in [2.75, 3.05) is 0 Å². The van der Waals surface area contributed by atoms with Crippen LogP contribution >= 0.6 is 0 Å². The fraction of sp³-hybridized carbons (Fsp3) is 0.310. The van der Waals surface area contributed by atoms with E-state index in [9.17, 15) is 18.0 Å². The Morgan fingerprint density at radius 1 is 1.03 bits per heavy atom. The lowest BCUT2D eigenvalue weighted by Crippen LogP contribution is -2.31. The average Bonchev–Trinajstić information content (AvgIpc) is 2.82. The van der Waals surface area contributed by atoms with Crippen LogP contribution in [0.1, 0.15) is 68.0 Å². The van der Waals surface area contributed by atoms with Crippen LogP contribution in [0.15, 0.2) is 53.6 Å². The minimum Gasteiger partial charge on any atom is -0.438 e. The van der Waals surface area contributed by atoms with Crippen LogP contribution in [-0.4, -0.2) is 30.1 Å². The Kier molecular flexibility index (Phi) is 7.25. The van der Waals surface area contributed by atoms with Crippen molar-refractivity contribution in [1.29, 1.82) is 0 Å². The number of aryl methyl sites for hydroxylation is 4. The summed E-state index contributed by atoms with van der Waals surface area (Å²) < 4.78 is 34.1. The van der Waals surface area contributed by atoms with Gasteiger partial charge >= 0.3 is 0 Å². The highest BCUT2D eigenvalue weighted by molar-refractivity contribution is 7.90. The van der Waals surface area contributed by atoms with Crippen molar-refractivity contribution >= 4 is 27.3 Å². The zero-order chi connectivity index (χ0) is 27.8. The second kappa shape index (κ2) is 10.1. The van der Waals surface area contributed by atoms with Crippen molar-refractivity contribution in [3.63, 3.8) is 0 Å². The topological polar surface area (TPSA) is 115 Å². The number of hydrogen-bond donors (Lipinski definition) is 1. The third-order valence-corrected chi connectivity index (χ3v) is 7.61. The monoisotopic (exact) mass is 537 g/mol. The lowest BCUT2D eigenvalue weighted by atomic mass is 9.78. The van der Waals surface area contributed by atoms with Crippen LogP contribution in [0.2, 0.25) is 0 Å². The van der Waals surface area contributed by atoms with Gasteiger partial charge in [-0.05, 0) is 74.9 Å². The van der Waals surface area contributed by atoms with E-state index in [-0.39, 0.29) is 30.5 Å². The van der Waals surface area contributed by atoms with Crippen LogP contribution < -0.4 is 9.46 Å². The van der Waals surface area contributed by atoms with Crippen molar-refractivity contribution in [1.82, 2.24) is 14.7 Å². The van der Waals surface area contributed by atoms with Crippen LogP contribution in [0.4, 0.5) is 0 Å². The van der Waals surface area contributed by atoms with E-state index in [1.165, 1.54) is 12.1 Å². The SMILES string of the molecule is Cc1cc(C)c(Oc2nc(C3=CC(C)(C)CCC3=O)ccc2C(=O)NS(=O)(=O)c2cccc(C)n2)c(C)c1.[HH].[HH]. The molecule has 1 N–H and O–H groups in total. The van der Waals surface area contributed by atoms with E-state index in [1.54, 1.807) is 25.1 Å². The maximum absolute atomic E-state index is 13.3. The molecular formula is C29H35N3O5S. The fourth-order valence-corrected chi connectivity index (χ4v) is 5.47. The first kappa shape index (κ1) is 27.2. The molecule has 202 valence electrons. The number of nitrogens with zero attached hydrogens (tertiary/aromatic N) is 2. The van der Waals surface area contributed by atoms with Crippen molar-refractivity contribution < 1.29 is 25.6 Å². The van der Waals surface area contributed by atoms with Gasteiger partial charge in [-0.1, -0.05) is 43.7 Å². The molecule has 0 saturated heterocycles. The molecule has 4 rings (SSSR count). The smallest absolute Gasteiger partial charge is 0.281 e. The summed E-state index contributed by atoms with van der Waals surface area (Å²) in [6, 6.07) is 11.4. The number of carbonyl (C=O) groups excluding carboxylic acids is 2. The molecule has 0 aliphatic heterocycles. The number of ether oxygens (including phenoxy) is 1. The number of carbonyl (C=O) groups is 2. The van der Waals surface area contributed by atoms with Gasteiger partial charge in [0.25, 0.3) is 15.9 Å². The Morgan fingerprint density at radius 3 is 2.37 bits per heavy atom. The largest absolute Gasteiger partial charge is 0.438 e. The minimum atomic E-state index is -4.26. The molecule has 2 heterocycles. The maximum atomic E-state index is 13.3. The Bertz CT molecular complexity index is 1580. The molecule has 9 heteroatoms.